The zero-order chi connectivity index (χ0) is 22.8. The van der Waals surface area contributed by atoms with E-state index in [0.29, 0.717) is 11.3 Å². The molecule has 1 amide bonds. The number of para-hydroxylation sites is 1. The number of anilines is 3. The Morgan fingerprint density at radius 2 is 1.19 bits per heavy atom. The van der Waals surface area contributed by atoms with Crippen LogP contribution in [0, 0.1) is 0 Å². The summed E-state index contributed by atoms with van der Waals surface area (Å²) in [5.74, 6) is -0.114. The molecule has 0 N–H and O–H groups in total. The van der Waals surface area contributed by atoms with Crippen LogP contribution < -0.4 is 14.8 Å². The lowest BCUT2D eigenvalue weighted by Gasteiger charge is -2.18. The number of benzene rings is 3. The lowest BCUT2D eigenvalue weighted by Crippen LogP contribution is -2.22. The fourth-order valence-electron chi connectivity index (χ4n) is 3.85. The minimum atomic E-state index is -0.114. The van der Waals surface area contributed by atoms with E-state index in [0.717, 1.165) is 33.8 Å². The maximum atomic E-state index is 13.6. The van der Waals surface area contributed by atoms with Crippen LogP contribution in [0.3, 0.4) is 0 Å². The smallest absolute Gasteiger partial charge is 0.281 e. The summed E-state index contributed by atoms with van der Waals surface area (Å²) < 4.78 is 0. The molecule has 0 fully saturated rings. The van der Waals surface area contributed by atoms with Crippen LogP contribution in [0.5, 0.6) is 0 Å². The average Bonchev–Trinajstić information content (AvgIpc) is 3.09. The second kappa shape index (κ2) is 8.71. The predicted molar refractivity (Wildman–Crippen MR) is 135 cm³/mol. The molecule has 5 nitrogen and oxygen atoms in total. The fraction of sp³-hybridized carbons (Fsp3) is 0.185. The molecule has 4 rings (SSSR count). The van der Waals surface area contributed by atoms with E-state index in [1.54, 1.807) is 0 Å². The molecule has 3 aromatic rings. The summed E-state index contributed by atoms with van der Waals surface area (Å²) in [7, 11) is 8.07. The van der Waals surface area contributed by atoms with E-state index >= 15 is 0 Å². The molecule has 0 aliphatic carbocycles. The first kappa shape index (κ1) is 21.4. The molecular weight excluding hydrogens is 396 g/mol. The summed E-state index contributed by atoms with van der Waals surface area (Å²) in [4.78, 5) is 17.7. The molecule has 0 radical (unpaired) electrons. The first-order valence-electron chi connectivity index (χ1n) is 10.6. The molecule has 0 spiro atoms. The van der Waals surface area contributed by atoms with Crippen LogP contribution >= 0.6 is 0 Å². The number of carbonyl (C=O) groups is 1. The van der Waals surface area contributed by atoms with Gasteiger partial charge in [-0.3, -0.25) is 4.79 Å². The lowest BCUT2D eigenvalue weighted by molar-refractivity contribution is -0.114. The molecule has 162 valence electrons. The van der Waals surface area contributed by atoms with Gasteiger partial charge in [-0.15, -0.1) is 0 Å². The third-order valence-corrected chi connectivity index (χ3v) is 5.61. The number of rotatable bonds is 5. The normalized spacial score (nSPS) is 13.3. The Kier molecular flexibility index (Phi) is 5.82. The molecular formula is C27H28N4O. The van der Waals surface area contributed by atoms with Gasteiger partial charge in [-0.2, -0.15) is 10.1 Å². The van der Waals surface area contributed by atoms with E-state index in [1.165, 1.54) is 5.01 Å². The highest BCUT2D eigenvalue weighted by molar-refractivity contribution is 6.34. The van der Waals surface area contributed by atoms with Gasteiger partial charge >= 0.3 is 0 Å². The van der Waals surface area contributed by atoms with Gasteiger partial charge in [0.2, 0.25) is 0 Å². The second-order valence-electron chi connectivity index (χ2n) is 8.27. The van der Waals surface area contributed by atoms with Gasteiger partial charge in [-0.1, -0.05) is 42.5 Å². The van der Waals surface area contributed by atoms with E-state index in [4.69, 9.17) is 0 Å². The summed E-state index contributed by atoms with van der Waals surface area (Å²) in [6.45, 7) is 1.90. The van der Waals surface area contributed by atoms with Crippen LogP contribution in [0.25, 0.3) is 5.57 Å². The van der Waals surface area contributed by atoms with Crippen molar-refractivity contribution in [3.05, 3.63) is 95.6 Å². The number of hydrogen-bond donors (Lipinski definition) is 0. The SMILES string of the molecule is CC1=NN(c2ccccc2)C(=O)C1=C(c1ccc(N(C)C)cc1)c1ccc(N(C)C)cc1. The van der Waals surface area contributed by atoms with Gasteiger partial charge in [0.1, 0.15) is 0 Å². The van der Waals surface area contributed by atoms with Crippen molar-refractivity contribution in [1.82, 2.24) is 0 Å². The third-order valence-electron chi connectivity index (χ3n) is 5.61. The fourth-order valence-corrected chi connectivity index (χ4v) is 3.85. The Morgan fingerprint density at radius 3 is 1.62 bits per heavy atom. The van der Waals surface area contributed by atoms with E-state index in [2.05, 4.69) is 63.4 Å². The summed E-state index contributed by atoms with van der Waals surface area (Å²) in [5.41, 5.74) is 7.18. The van der Waals surface area contributed by atoms with E-state index in [1.807, 2.05) is 65.4 Å². The Balaban J connectivity index is 1.88. The molecule has 32 heavy (non-hydrogen) atoms. The first-order chi connectivity index (χ1) is 15.4. The average molecular weight is 425 g/mol. The summed E-state index contributed by atoms with van der Waals surface area (Å²) >= 11 is 0. The van der Waals surface area contributed by atoms with Gasteiger partial charge in [0.05, 0.1) is 17.0 Å². The van der Waals surface area contributed by atoms with Crippen molar-refractivity contribution in [2.24, 2.45) is 5.10 Å². The molecule has 1 heterocycles. The van der Waals surface area contributed by atoms with Crippen LogP contribution in [0.4, 0.5) is 17.1 Å². The Morgan fingerprint density at radius 1 is 0.719 bits per heavy atom. The maximum Gasteiger partial charge on any atom is 0.281 e. The highest BCUT2D eigenvalue weighted by atomic mass is 16.2. The van der Waals surface area contributed by atoms with Gasteiger partial charge < -0.3 is 9.80 Å². The number of amides is 1. The Hall–Kier alpha value is -3.86. The largest absolute Gasteiger partial charge is 0.378 e. The molecule has 0 unspecified atom stereocenters. The van der Waals surface area contributed by atoms with Crippen LogP contribution in [-0.2, 0) is 4.79 Å². The molecule has 3 aromatic carbocycles. The maximum absolute atomic E-state index is 13.6. The van der Waals surface area contributed by atoms with Crippen LogP contribution in [0.1, 0.15) is 18.1 Å². The molecule has 0 atom stereocenters. The topological polar surface area (TPSA) is 39.2 Å². The van der Waals surface area contributed by atoms with Crippen LogP contribution in [-0.4, -0.2) is 39.8 Å². The predicted octanol–water partition coefficient (Wildman–Crippen LogP) is 5.04. The van der Waals surface area contributed by atoms with Crippen LogP contribution in [0.2, 0.25) is 0 Å². The summed E-state index contributed by atoms with van der Waals surface area (Å²) in [6.07, 6.45) is 0. The zero-order valence-corrected chi connectivity index (χ0v) is 19.2. The third kappa shape index (κ3) is 4.02. The van der Waals surface area contributed by atoms with Gasteiger partial charge in [0.15, 0.2) is 0 Å². The van der Waals surface area contributed by atoms with Gasteiger partial charge in [-0.05, 0) is 54.4 Å². The van der Waals surface area contributed by atoms with Gasteiger partial charge in [0.25, 0.3) is 5.91 Å². The van der Waals surface area contributed by atoms with Crippen LogP contribution in [0.15, 0.2) is 89.5 Å². The highest BCUT2D eigenvalue weighted by Gasteiger charge is 2.32. The van der Waals surface area contributed by atoms with E-state index in [-0.39, 0.29) is 5.91 Å². The van der Waals surface area contributed by atoms with Crippen molar-refractivity contribution in [3.63, 3.8) is 0 Å². The Labute approximate surface area is 189 Å². The minimum Gasteiger partial charge on any atom is -0.378 e. The van der Waals surface area contributed by atoms with Crippen molar-refractivity contribution in [2.75, 3.05) is 43.0 Å². The monoisotopic (exact) mass is 424 g/mol. The molecule has 1 aliphatic heterocycles. The van der Waals surface area contributed by atoms with Crippen molar-refractivity contribution >= 4 is 34.3 Å². The molecule has 5 heteroatoms. The number of hydrogen-bond acceptors (Lipinski definition) is 4. The summed E-state index contributed by atoms with van der Waals surface area (Å²) in [6, 6.07) is 26.1. The lowest BCUT2D eigenvalue weighted by atomic mass is 9.90. The van der Waals surface area contributed by atoms with Gasteiger partial charge in [-0.25, -0.2) is 0 Å². The van der Waals surface area contributed by atoms with Crippen molar-refractivity contribution < 1.29 is 4.79 Å². The minimum absolute atomic E-state index is 0.114. The first-order valence-corrected chi connectivity index (χ1v) is 10.6. The number of hydrazone groups is 1. The van der Waals surface area contributed by atoms with Crippen molar-refractivity contribution in [1.29, 1.82) is 0 Å². The van der Waals surface area contributed by atoms with Crippen molar-refractivity contribution in [2.45, 2.75) is 6.92 Å². The van der Waals surface area contributed by atoms with Crippen molar-refractivity contribution in [3.8, 4) is 0 Å². The number of carbonyl (C=O) groups excluding carboxylic acids is 1. The molecule has 0 aromatic heterocycles. The summed E-state index contributed by atoms with van der Waals surface area (Å²) in [5, 5.41) is 6.10. The Bertz CT molecular complexity index is 1120. The standard InChI is InChI=1S/C27H28N4O/c1-19-25(27(32)31(28-19)24-9-7-6-8-10-24)26(20-11-15-22(16-12-20)29(2)3)21-13-17-23(18-14-21)30(4)5/h6-18H,1-5H3. The molecule has 0 saturated heterocycles. The quantitative estimate of drug-likeness (QED) is 0.539. The molecule has 0 saturated carbocycles. The second-order valence-corrected chi connectivity index (χ2v) is 8.27. The van der Waals surface area contributed by atoms with Gasteiger partial charge in [0, 0.05) is 45.1 Å². The van der Waals surface area contributed by atoms with E-state index < -0.39 is 0 Å². The van der Waals surface area contributed by atoms with E-state index in [9.17, 15) is 4.79 Å². The number of nitrogens with zero attached hydrogens (tertiary/aromatic N) is 4. The molecule has 1 aliphatic rings. The zero-order valence-electron chi connectivity index (χ0n) is 19.2. The molecule has 0 bridgehead atoms. The highest BCUT2D eigenvalue weighted by Crippen LogP contribution is 2.34.